The number of hydrogen-bond donors (Lipinski definition) is 1. The molecule has 1 aromatic heterocycles. The first-order valence-corrected chi connectivity index (χ1v) is 5.84. The highest BCUT2D eigenvalue weighted by atomic mass is 35.5. The van der Waals surface area contributed by atoms with E-state index in [1.165, 1.54) is 6.07 Å². The first kappa shape index (κ1) is 10.7. The SMILES string of the molecule is Fc1ccc(-c2cnn3c2CNCC3)cc1Cl. The molecular weight excluding hydrogens is 241 g/mol. The number of fused-ring (bicyclic) bond motifs is 1. The largest absolute Gasteiger partial charge is 0.309 e. The molecule has 0 saturated carbocycles. The maximum Gasteiger partial charge on any atom is 0.141 e. The highest BCUT2D eigenvalue weighted by molar-refractivity contribution is 6.31. The van der Waals surface area contributed by atoms with E-state index in [9.17, 15) is 4.39 Å². The summed E-state index contributed by atoms with van der Waals surface area (Å²) in [5.41, 5.74) is 3.04. The van der Waals surface area contributed by atoms with Crippen molar-refractivity contribution >= 4 is 11.6 Å². The zero-order valence-corrected chi connectivity index (χ0v) is 9.84. The molecule has 2 heterocycles. The van der Waals surface area contributed by atoms with Gasteiger partial charge in [-0.05, 0) is 17.7 Å². The Bertz CT molecular complexity index is 565. The van der Waals surface area contributed by atoms with Gasteiger partial charge in [-0.1, -0.05) is 17.7 Å². The Hall–Kier alpha value is -1.39. The molecule has 3 nitrogen and oxygen atoms in total. The Labute approximate surface area is 103 Å². The standard InChI is InChI=1S/C12H11ClFN3/c13-10-5-8(1-2-11(10)14)9-6-16-17-4-3-15-7-12(9)17/h1-2,5-6,15H,3-4,7H2. The average molecular weight is 252 g/mol. The average Bonchev–Trinajstić information content (AvgIpc) is 2.76. The molecule has 1 aliphatic rings. The number of aromatic nitrogens is 2. The van der Waals surface area contributed by atoms with Crippen LogP contribution in [0.3, 0.4) is 0 Å². The van der Waals surface area contributed by atoms with Crippen LogP contribution < -0.4 is 5.32 Å². The molecule has 17 heavy (non-hydrogen) atoms. The molecule has 0 aliphatic carbocycles. The van der Waals surface area contributed by atoms with Gasteiger partial charge < -0.3 is 5.32 Å². The van der Waals surface area contributed by atoms with Crippen LogP contribution in [0.5, 0.6) is 0 Å². The van der Waals surface area contributed by atoms with Crippen LogP contribution in [0.2, 0.25) is 5.02 Å². The minimum Gasteiger partial charge on any atom is -0.309 e. The van der Waals surface area contributed by atoms with E-state index in [0.717, 1.165) is 36.5 Å². The summed E-state index contributed by atoms with van der Waals surface area (Å²) >= 11 is 5.80. The number of hydrogen-bond acceptors (Lipinski definition) is 2. The molecule has 0 saturated heterocycles. The van der Waals surface area contributed by atoms with E-state index >= 15 is 0 Å². The lowest BCUT2D eigenvalue weighted by Crippen LogP contribution is -2.28. The summed E-state index contributed by atoms with van der Waals surface area (Å²) in [4.78, 5) is 0. The van der Waals surface area contributed by atoms with Crippen LogP contribution in [0.25, 0.3) is 11.1 Å². The van der Waals surface area contributed by atoms with Crippen LogP contribution >= 0.6 is 11.6 Å². The minimum atomic E-state index is -0.394. The molecule has 0 spiro atoms. The quantitative estimate of drug-likeness (QED) is 0.844. The Morgan fingerprint density at radius 1 is 1.41 bits per heavy atom. The highest BCUT2D eigenvalue weighted by Gasteiger charge is 2.16. The van der Waals surface area contributed by atoms with Gasteiger partial charge in [0.1, 0.15) is 5.82 Å². The second-order valence-corrected chi connectivity index (χ2v) is 4.44. The molecule has 2 aromatic rings. The van der Waals surface area contributed by atoms with Gasteiger partial charge in [0.25, 0.3) is 0 Å². The lowest BCUT2D eigenvalue weighted by Gasteiger charge is -2.16. The van der Waals surface area contributed by atoms with E-state index in [4.69, 9.17) is 11.6 Å². The summed E-state index contributed by atoms with van der Waals surface area (Å²) < 4.78 is 15.1. The second kappa shape index (κ2) is 4.13. The predicted octanol–water partition coefficient (Wildman–Crippen LogP) is 2.45. The van der Waals surface area contributed by atoms with Gasteiger partial charge in [0.2, 0.25) is 0 Å². The zero-order chi connectivity index (χ0) is 11.8. The first-order valence-electron chi connectivity index (χ1n) is 5.46. The monoisotopic (exact) mass is 251 g/mol. The molecule has 0 atom stereocenters. The molecule has 0 amide bonds. The Morgan fingerprint density at radius 3 is 3.12 bits per heavy atom. The summed E-state index contributed by atoms with van der Waals surface area (Å²) in [6.45, 7) is 2.58. The van der Waals surface area contributed by atoms with Gasteiger partial charge in [0.05, 0.1) is 23.5 Å². The molecule has 1 N–H and O–H groups in total. The summed E-state index contributed by atoms with van der Waals surface area (Å²) in [5.74, 6) is -0.394. The topological polar surface area (TPSA) is 29.9 Å². The fraction of sp³-hybridized carbons (Fsp3) is 0.250. The fourth-order valence-electron chi connectivity index (χ4n) is 2.09. The van der Waals surface area contributed by atoms with Gasteiger partial charge in [-0.2, -0.15) is 5.10 Å². The summed E-state index contributed by atoms with van der Waals surface area (Å²) in [7, 11) is 0. The molecule has 88 valence electrons. The van der Waals surface area contributed by atoms with E-state index in [1.807, 2.05) is 10.9 Å². The second-order valence-electron chi connectivity index (χ2n) is 4.03. The lowest BCUT2D eigenvalue weighted by atomic mass is 10.1. The number of benzene rings is 1. The van der Waals surface area contributed by atoms with E-state index in [2.05, 4.69) is 10.4 Å². The molecule has 1 aromatic carbocycles. The van der Waals surface area contributed by atoms with Crippen molar-refractivity contribution in [3.05, 3.63) is 40.9 Å². The Kier molecular flexibility index (Phi) is 2.61. The predicted molar refractivity (Wildman–Crippen MR) is 64.3 cm³/mol. The normalized spacial score (nSPS) is 14.7. The summed E-state index contributed by atoms with van der Waals surface area (Å²) in [6.07, 6.45) is 1.81. The van der Waals surface area contributed by atoms with Gasteiger partial charge in [0, 0.05) is 18.7 Å². The smallest absolute Gasteiger partial charge is 0.141 e. The van der Waals surface area contributed by atoms with Crippen LogP contribution in [0.1, 0.15) is 5.69 Å². The number of nitrogens with zero attached hydrogens (tertiary/aromatic N) is 2. The van der Waals surface area contributed by atoms with Crippen LogP contribution in [-0.4, -0.2) is 16.3 Å². The molecule has 0 radical (unpaired) electrons. The van der Waals surface area contributed by atoms with E-state index in [0.29, 0.717) is 0 Å². The first-order chi connectivity index (χ1) is 8.25. The molecular formula is C12H11ClFN3. The van der Waals surface area contributed by atoms with Gasteiger partial charge in [0.15, 0.2) is 0 Å². The van der Waals surface area contributed by atoms with Crippen molar-refractivity contribution in [3.8, 4) is 11.1 Å². The van der Waals surface area contributed by atoms with E-state index in [1.54, 1.807) is 12.1 Å². The maximum absolute atomic E-state index is 13.1. The number of halogens is 2. The third-order valence-electron chi connectivity index (χ3n) is 2.97. The third kappa shape index (κ3) is 1.83. The van der Waals surface area contributed by atoms with Crippen molar-refractivity contribution in [1.29, 1.82) is 0 Å². The van der Waals surface area contributed by atoms with Crippen molar-refractivity contribution in [2.45, 2.75) is 13.1 Å². The van der Waals surface area contributed by atoms with Crippen molar-refractivity contribution < 1.29 is 4.39 Å². The Morgan fingerprint density at radius 2 is 2.29 bits per heavy atom. The van der Waals surface area contributed by atoms with Crippen LogP contribution in [0.4, 0.5) is 4.39 Å². The van der Waals surface area contributed by atoms with E-state index in [-0.39, 0.29) is 5.02 Å². The summed E-state index contributed by atoms with van der Waals surface area (Å²) in [6, 6.07) is 4.76. The van der Waals surface area contributed by atoms with Crippen LogP contribution in [0.15, 0.2) is 24.4 Å². The molecule has 1 aliphatic heterocycles. The van der Waals surface area contributed by atoms with Gasteiger partial charge in [-0.3, -0.25) is 4.68 Å². The molecule has 5 heteroatoms. The van der Waals surface area contributed by atoms with E-state index < -0.39 is 5.82 Å². The van der Waals surface area contributed by atoms with Crippen LogP contribution in [-0.2, 0) is 13.1 Å². The van der Waals surface area contributed by atoms with Gasteiger partial charge in [-0.15, -0.1) is 0 Å². The zero-order valence-electron chi connectivity index (χ0n) is 9.08. The lowest BCUT2D eigenvalue weighted by molar-refractivity contribution is 0.476. The van der Waals surface area contributed by atoms with Gasteiger partial charge >= 0.3 is 0 Å². The fourth-order valence-corrected chi connectivity index (χ4v) is 2.27. The summed E-state index contributed by atoms with van der Waals surface area (Å²) in [5, 5.41) is 7.76. The number of nitrogens with one attached hydrogen (secondary N) is 1. The van der Waals surface area contributed by atoms with Crippen molar-refractivity contribution in [3.63, 3.8) is 0 Å². The van der Waals surface area contributed by atoms with Crippen molar-refractivity contribution in [2.75, 3.05) is 6.54 Å². The molecule has 3 rings (SSSR count). The molecule has 0 bridgehead atoms. The molecule has 0 fully saturated rings. The highest BCUT2D eigenvalue weighted by Crippen LogP contribution is 2.28. The van der Waals surface area contributed by atoms with Crippen molar-refractivity contribution in [2.24, 2.45) is 0 Å². The van der Waals surface area contributed by atoms with Gasteiger partial charge in [-0.25, -0.2) is 4.39 Å². The molecule has 0 unspecified atom stereocenters. The third-order valence-corrected chi connectivity index (χ3v) is 3.26. The van der Waals surface area contributed by atoms with Crippen molar-refractivity contribution in [1.82, 2.24) is 15.1 Å². The number of rotatable bonds is 1. The Balaban J connectivity index is 2.09. The van der Waals surface area contributed by atoms with Crippen LogP contribution in [0, 0.1) is 5.82 Å². The maximum atomic E-state index is 13.1. The minimum absolute atomic E-state index is 0.145.